The van der Waals surface area contributed by atoms with Gasteiger partial charge in [-0.3, -0.25) is 19.0 Å². The normalized spacial score (nSPS) is 12.1. The molecular formula is C18H23N3O4S. The summed E-state index contributed by atoms with van der Waals surface area (Å²) in [7, 11) is 1.37. The van der Waals surface area contributed by atoms with Crippen molar-refractivity contribution in [3.05, 3.63) is 34.6 Å². The van der Waals surface area contributed by atoms with Gasteiger partial charge in [0, 0.05) is 13.0 Å². The van der Waals surface area contributed by atoms with Crippen LogP contribution in [0, 0.1) is 0 Å². The molecule has 0 saturated heterocycles. The molecule has 0 fully saturated rings. The molecule has 0 aliphatic carbocycles. The van der Waals surface area contributed by atoms with Gasteiger partial charge in [-0.15, -0.1) is 0 Å². The van der Waals surface area contributed by atoms with E-state index in [0.717, 1.165) is 12.8 Å². The summed E-state index contributed by atoms with van der Waals surface area (Å²) in [5.41, 5.74) is 5.81. The van der Waals surface area contributed by atoms with Crippen LogP contribution < -0.4 is 11.3 Å². The van der Waals surface area contributed by atoms with Crippen molar-refractivity contribution in [1.82, 2.24) is 9.55 Å². The molecule has 0 bridgehead atoms. The number of thioether (sulfide) groups is 1. The average Bonchev–Trinajstić information content (AvgIpc) is 2.63. The van der Waals surface area contributed by atoms with E-state index in [0.29, 0.717) is 35.4 Å². The number of para-hydroxylation sites is 1. The van der Waals surface area contributed by atoms with Gasteiger partial charge in [0.15, 0.2) is 5.16 Å². The molecule has 1 heterocycles. The fourth-order valence-corrected chi connectivity index (χ4v) is 3.35. The van der Waals surface area contributed by atoms with Gasteiger partial charge in [0.1, 0.15) is 0 Å². The van der Waals surface area contributed by atoms with Gasteiger partial charge in [0.2, 0.25) is 5.91 Å². The van der Waals surface area contributed by atoms with Crippen LogP contribution in [0.15, 0.2) is 34.2 Å². The monoisotopic (exact) mass is 377 g/mol. The number of rotatable bonds is 9. The molecule has 2 N–H and O–H groups in total. The predicted molar refractivity (Wildman–Crippen MR) is 101 cm³/mol. The maximum Gasteiger partial charge on any atom is 0.305 e. The molecule has 1 amide bonds. The van der Waals surface area contributed by atoms with E-state index in [1.165, 1.54) is 18.9 Å². The van der Waals surface area contributed by atoms with E-state index < -0.39 is 11.2 Å². The molecule has 2 aromatic rings. The number of ether oxygens (including phenoxy) is 1. The molecule has 0 spiro atoms. The highest BCUT2D eigenvalue weighted by molar-refractivity contribution is 8.00. The highest BCUT2D eigenvalue weighted by Gasteiger charge is 2.17. The Morgan fingerprint density at radius 1 is 1.27 bits per heavy atom. The zero-order valence-corrected chi connectivity index (χ0v) is 15.8. The summed E-state index contributed by atoms with van der Waals surface area (Å²) in [4.78, 5) is 39.9. The Labute approximate surface area is 155 Å². The summed E-state index contributed by atoms with van der Waals surface area (Å²) in [6.45, 7) is 2.15. The van der Waals surface area contributed by atoms with Gasteiger partial charge in [-0.2, -0.15) is 0 Å². The molecule has 0 unspecified atom stereocenters. The van der Waals surface area contributed by atoms with Crippen molar-refractivity contribution in [3.63, 3.8) is 0 Å². The van der Waals surface area contributed by atoms with Crippen LogP contribution in [0.1, 0.15) is 32.6 Å². The van der Waals surface area contributed by atoms with E-state index >= 15 is 0 Å². The number of amides is 1. The van der Waals surface area contributed by atoms with Gasteiger partial charge < -0.3 is 10.5 Å². The summed E-state index contributed by atoms with van der Waals surface area (Å²) in [6, 6.07) is 7.13. The third-order valence-electron chi connectivity index (χ3n) is 4.00. The number of nitrogens with two attached hydrogens (primary N) is 1. The van der Waals surface area contributed by atoms with Crippen LogP contribution in [-0.4, -0.2) is 33.8 Å². The number of fused-ring (bicyclic) bond motifs is 1. The van der Waals surface area contributed by atoms with Crippen molar-refractivity contribution in [2.24, 2.45) is 5.73 Å². The molecule has 0 aliphatic heterocycles. The van der Waals surface area contributed by atoms with Crippen LogP contribution >= 0.6 is 11.8 Å². The lowest BCUT2D eigenvalue weighted by Gasteiger charge is -2.15. The summed E-state index contributed by atoms with van der Waals surface area (Å²) >= 11 is 1.18. The Bertz CT molecular complexity index is 850. The van der Waals surface area contributed by atoms with Crippen LogP contribution in [0.2, 0.25) is 0 Å². The Morgan fingerprint density at radius 3 is 2.69 bits per heavy atom. The van der Waals surface area contributed by atoms with E-state index in [-0.39, 0.29) is 11.5 Å². The first-order valence-electron chi connectivity index (χ1n) is 8.46. The molecular weight excluding hydrogens is 354 g/mol. The summed E-state index contributed by atoms with van der Waals surface area (Å²) in [5, 5.41) is 0.528. The maximum absolute atomic E-state index is 12.8. The first-order chi connectivity index (χ1) is 12.4. The zero-order valence-electron chi connectivity index (χ0n) is 14.9. The Hall–Kier alpha value is -2.35. The number of carbonyl (C=O) groups is 2. The molecule has 7 nitrogen and oxygen atoms in total. The molecule has 1 aromatic carbocycles. The van der Waals surface area contributed by atoms with Crippen LogP contribution in [0.5, 0.6) is 0 Å². The van der Waals surface area contributed by atoms with Crippen molar-refractivity contribution in [1.29, 1.82) is 0 Å². The molecule has 8 heteroatoms. The number of primary amides is 1. The number of esters is 1. The largest absolute Gasteiger partial charge is 0.469 e. The predicted octanol–water partition coefficient (Wildman–Crippen LogP) is 2.10. The Balaban J connectivity index is 2.21. The number of hydrogen-bond acceptors (Lipinski definition) is 6. The van der Waals surface area contributed by atoms with Crippen LogP contribution in [0.4, 0.5) is 0 Å². The Morgan fingerprint density at radius 2 is 2.00 bits per heavy atom. The quantitative estimate of drug-likeness (QED) is 0.311. The standard InChI is InChI=1S/C18H23N3O4S/c1-12(16(19)23)26-18-20-14-9-6-5-8-13(14)17(24)21(18)11-7-3-4-10-15(22)25-2/h5-6,8-9,12H,3-4,7,10-11H2,1-2H3,(H2,19,23)/t12-/m0/s1. The minimum atomic E-state index is -0.492. The lowest BCUT2D eigenvalue weighted by Crippen LogP contribution is -2.27. The maximum atomic E-state index is 12.8. The first kappa shape index (κ1) is 20.0. The summed E-state index contributed by atoms with van der Waals surface area (Å²) < 4.78 is 6.20. The van der Waals surface area contributed by atoms with Crippen molar-refractivity contribution in [3.8, 4) is 0 Å². The highest BCUT2D eigenvalue weighted by atomic mass is 32.2. The highest BCUT2D eigenvalue weighted by Crippen LogP contribution is 2.22. The van der Waals surface area contributed by atoms with Crippen molar-refractivity contribution in [2.75, 3.05) is 7.11 Å². The number of unbranched alkanes of at least 4 members (excludes halogenated alkanes) is 2. The fraction of sp³-hybridized carbons (Fsp3) is 0.444. The van der Waals surface area contributed by atoms with E-state index in [1.54, 1.807) is 29.7 Å². The Kier molecular flexibility index (Phi) is 7.20. The van der Waals surface area contributed by atoms with Gasteiger partial charge in [0.25, 0.3) is 5.56 Å². The second kappa shape index (κ2) is 9.38. The second-order valence-electron chi connectivity index (χ2n) is 5.92. The van der Waals surface area contributed by atoms with Gasteiger partial charge in [0.05, 0.1) is 23.3 Å². The number of methoxy groups -OCH3 is 1. The summed E-state index contributed by atoms with van der Waals surface area (Å²) in [5.74, 6) is -0.692. The average molecular weight is 377 g/mol. The van der Waals surface area contributed by atoms with Crippen LogP contribution in [0.25, 0.3) is 10.9 Å². The second-order valence-corrected chi connectivity index (χ2v) is 7.23. The number of benzene rings is 1. The smallest absolute Gasteiger partial charge is 0.305 e. The van der Waals surface area contributed by atoms with Crippen molar-refractivity contribution in [2.45, 2.75) is 49.6 Å². The minimum Gasteiger partial charge on any atom is -0.469 e. The third-order valence-corrected chi connectivity index (χ3v) is 5.11. The molecule has 0 aliphatic rings. The number of carbonyl (C=O) groups excluding carboxylic acids is 2. The number of nitrogens with zero attached hydrogens (tertiary/aromatic N) is 2. The van der Waals surface area contributed by atoms with E-state index in [9.17, 15) is 14.4 Å². The van der Waals surface area contributed by atoms with Crippen LogP contribution in [-0.2, 0) is 20.9 Å². The molecule has 2 rings (SSSR count). The fourth-order valence-electron chi connectivity index (χ4n) is 2.47. The van der Waals surface area contributed by atoms with Gasteiger partial charge in [-0.05, 0) is 31.9 Å². The number of aromatic nitrogens is 2. The van der Waals surface area contributed by atoms with Crippen molar-refractivity contribution >= 4 is 34.5 Å². The lowest BCUT2D eigenvalue weighted by atomic mass is 10.2. The first-order valence-corrected chi connectivity index (χ1v) is 9.34. The molecule has 140 valence electrons. The van der Waals surface area contributed by atoms with Crippen LogP contribution in [0.3, 0.4) is 0 Å². The number of hydrogen-bond donors (Lipinski definition) is 1. The SMILES string of the molecule is COC(=O)CCCCCn1c(S[C@@H](C)C(N)=O)nc2ccccc2c1=O. The molecule has 1 aromatic heterocycles. The third kappa shape index (κ3) is 5.08. The van der Waals surface area contributed by atoms with Crippen molar-refractivity contribution < 1.29 is 14.3 Å². The lowest BCUT2D eigenvalue weighted by molar-refractivity contribution is -0.140. The molecule has 1 atom stereocenters. The van der Waals surface area contributed by atoms with E-state index in [1.807, 2.05) is 6.07 Å². The topological polar surface area (TPSA) is 104 Å². The van der Waals surface area contributed by atoms with Gasteiger partial charge in [-0.1, -0.05) is 30.3 Å². The molecule has 0 saturated carbocycles. The van der Waals surface area contributed by atoms with Gasteiger partial charge >= 0.3 is 5.97 Å². The molecule has 26 heavy (non-hydrogen) atoms. The molecule has 0 radical (unpaired) electrons. The minimum absolute atomic E-state index is 0.136. The van der Waals surface area contributed by atoms with Gasteiger partial charge in [-0.25, -0.2) is 4.98 Å². The summed E-state index contributed by atoms with van der Waals surface area (Å²) in [6.07, 6.45) is 2.56. The zero-order chi connectivity index (χ0) is 19.1. The van der Waals surface area contributed by atoms with E-state index in [4.69, 9.17) is 5.73 Å². The van der Waals surface area contributed by atoms with E-state index in [2.05, 4.69) is 9.72 Å².